The van der Waals surface area contributed by atoms with E-state index in [1.165, 1.54) is 0 Å². The fourth-order valence-corrected chi connectivity index (χ4v) is 5.25. The van der Waals surface area contributed by atoms with Gasteiger partial charge >= 0.3 is 5.97 Å². The normalized spacial score (nSPS) is 44.9. The van der Waals surface area contributed by atoms with Crippen molar-refractivity contribution in [2.45, 2.75) is 76.9 Å². The zero-order chi connectivity index (χ0) is 15.5. The third-order valence-corrected chi connectivity index (χ3v) is 6.07. The van der Waals surface area contributed by atoms with Gasteiger partial charge in [0.05, 0.1) is 23.2 Å². The van der Waals surface area contributed by atoms with Crippen LogP contribution in [0, 0.1) is 16.7 Å². The summed E-state index contributed by atoms with van der Waals surface area (Å²) in [6, 6.07) is 0. The molecular weight excluding hydrogens is 268 g/mol. The Bertz CT molecular complexity index is 438. The average Bonchev–Trinajstić information content (AvgIpc) is 2.31. The van der Waals surface area contributed by atoms with Crippen molar-refractivity contribution in [3.8, 4) is 0 Å². The summed E-state index contributed by atoms with van der Waals surface area (Å²) in [6.07, 6.45) is 5.13. The van der Waals surface area contributed by atoms with Gasteiger partial charge in [0.15, 0.2) is 0 Å². The molecule has 0 radical (unpaired) electrons. The van der Waals surface area contributed by atoms with Gasteiger partial charge in [0.2, 0.25) is 0 Å². The van der Waals surface area contributed by atoms with E-state index in [0.29, 0.717) is 31.8 Å². The number of ether oxygens (including phenoxy) is 1. The Morgan fingerprint density at radius 3 is 2.19 bits per heavy atom. The lowest BCUT2D eigenvalue weighted by molar-refractivity contribution is -0.241. The molecule has 4 heteroatoms. The average molecular weight is 296 g/mol. The van der Waals surface area contributed by atoms with Gasteiger partial charge in [-0.3, -0.25) is 4.79 Å². The van der Waals surface area contributed by atoms with Crippen molar-refractivity contribution >= 4 is 5.97 Å². The first-order valence-electron chi connectivity index (χ1n) is 8.22. The summed E-state index contributed by atoms with van der Waals surface area (Å²) < 4.78 is 5.61. The molecule has 0 aromatic rings. The van der Waals surface area contributed by atoms with Crippen LogP contribution in [0.25, 0.3) is 0 Å². The number of carbonyl (C=O) groups excluding carboxylic acids is 1. The fourth-order valence-electron chi connectivity index (χ4n) is 5.25. The third-order valence-electron chi connectivity index (χ3n) is 6.07. The van der Waals surface area contributed by atoms with E-state index in [2.05, 4.69) is 0 Å². The number of aliphatic hydroxyl groups is 2. The van der Waals surface area contributed by atoms with Gasteiger partial charge in [0.25, 0.3) is 0 Å². The lowest BCUT2D eigenvalue weighted by Crippen LogP contribution is -2.64. The van der Waals surface area contributed by atoms with Crippen LogP contribution in [0.5, 0.6) is 0 Å². The van der Waals surface area contributed by atoms with Gasteiger partial charge in [-0.15, -0.1) is 0 Å². The van der Waals surface area contributed by atoms with Gasteiger partial charge in [0.1, 0.15) is 0 Å². The van der Waals surface area contributed by atoms with Crippen LogP contribution in [-0.4, -0.2) is 34.0 Å². The minimum atomic E-state index is -0.749. The van der Waals surface area contributed by atoms with Crippen LogP contribution in [0.4, 0.5) is 0 Å². The van der Waals surface area contributed by atoms with E-state index in [1.807, 2.05) is 20.8 Å². The fraction of sp³-hybridized carbons (Fsp3) is 0.941. The highest BCUT2D eigenvalue weighted by molar-refractivity contribution is 5.75. The molecule has 4 fully saturated rings. The molecule has 120 valence electrons. The van der Waals surface area contributed by atoms with Crippen LogP contribution in [0.2, 0.25) is 0 Å². The Kier molecular flexibility index (Phi) is 3.24. The monoisotopic (exact) mass is 296 g/mol. The second kappa shape index (κ2) is 4.45. The molecule has 0 aromatic carbocycles. The van der Waals surface area contributed by atoms with Crippen molar-refractivity contribution in [3.05, 3.63) is 0 Å². The van der Waals surface area contributed by atoms with Crippen molar-refractivity contribution in [1.29, 1.82) is 0 Å². The highest BCUT2D eigenvalue weighted by atomic mass is 16.5. The number of rotatable bonds is 4. The van der Waals surface area contributed by atoms with Crippen LogP contribution in [0.15, 0.2) is 0 Å². The Hall–Kier alpha value is -0.610. The minimum Gasteiger partial charge on any atom is -0.465 e. The van der Waals surface area contributed by atoms with E-state index in [1.54, 1.807) is 0 Å². The van der Waals surface area contributed by atoms with Crippen molar-refractivity contribution in [2.24, 2.45) is 16.7 Å². The van der Waals surface area contributed by atoms with Crippen molar-refractivity contribution in [2.75, 3.05) is 6.61 Å². The summed E-state index contributed by atoms with van der Waals surface area (Å²) >= 11 is 0. The molecule has 21 heavy (non-hydrogen) atoms. The zero-order valence-corrected chi connectivity index (χ0v) is 13.4. The van der Waals surface area contributed by atoms with Gasteiger partial charge in [0, 0.05) is 11.8 Å². The van der Waals surface area contributed by atoms with E-state index in [-0.39, 0.29) is 11.4 Å². The number of hydrogen-bond acceptors (Lipinski definition) is 4. The number of hydrogen-bond donors (Lipinski definition) is 2. The summed E-state index contributed by atoms with van der Waals surface area (Å²) in [6.45, 7) is 6.12. The lowest BCUT2D eigenvalue weighted by atomic mass is 9.46. The molecule has 4 saturated carbocycles. The summed E-state index contributed by atoms with van der Waals surface area (Å²) in [5.41, 5.74) is -2.18. The van der Waals surface area contributed by atoms with Gasteiger partial charge in [-0.05, 0) is 58.3 Å². The highest BCUT2D eigenvalue weighted by Crippen LogP contribution is 2.63. The number of carbonyl (C=O) groups is 1. The van der Waals surface area contributed by atoms with Crippen LogP contribution in [-0.2, 0) is 9.53 Å². The SMILES string of the molecule is CCC(C)(C)C(=O)OCC12CC3CC(O)(CC(O)(C3)C1)C2. The van der Waals surface area contributed by atoms with E-state index >= 15 is 0 Å². The summed E-state index contributed by atoms with van der Waals surface area (Å²) in [5, 5.41) is 21.4. The summed E-state index contributed by atoms with van der Waals surface area (Å²) in [7, 11) is 0. The molecule has 4 aliphatic rings. The van der Waals surface area contributed by atoms with Crippen LogP contribution >= 0.6 is 0 Å². The standard InChI is InChI=1S/C17H28O4/c1-4-14(2,3)13(18)21-11-15-5-12-6-16(19,8-15)10-17(20,7-12)9-15/h12,19-20H,4-11H2,1-3H3. The molecule has 4 nitrogen and oxygen atoms in total. The first kappa shape index (κ1) is 15.3. The molecule has 0 heterocycles. The van der Waals surface area contributed by atoms with Crippen LogP contribution in [0.3, 0.4) is 0 Å². The second-order valence-corrected chi connectivity index (χ2v) is 8.77. The Morgan fingerprint density at radius 2 is 1.71 bits per heavy atom. The molecular formula is C17H28O4. The molecule has 0 aliphatic heterocycles. The molecule has 2 N–H and O–H groups in total. The number of esters is 1. The van der Waals surface area contributed by atoms with Crippen molar-refractivity contribution in [1.82, 2.24) is 0 Å². The maximum atomic E-state index is 12.2. The van der Waals surface area contributed by atoms with Gasteiger partial charge < -0.3 is 14.9 Å². The Labute approximate surface area is 126 Å². The van der Waals surface area contributed by atoms with Crippen molar-refractivity contribution in [3.63, 3.8) is 0 Å². The van der Waals surface area contributed by atoms with E-state index in [0.717, 1.165) is 25.7 Å². The van der Waals surface area contributed by atoms with Crippen molar-refractivity contribution < 1.29 is 19.7 Å². The maximum Gasteiger partial charge on any atom is 0.311 e. The second-order valence-electron chi connectivity index (χ2n) is 8.77. The first-order chi connectivity index (χ1) is 9.60. The molecule has 0 amide bonds. The smallest absolute Gasteiger partial charge is 0.311 e. The zero-order valence-electron chi connectivity index (χ0n) is 13.4. The summed E-state index contributed by atoms with van der Waals surface area (Å²) in [5.74, 6) is 0.203. The molecule has 4 rings (SSSR count). The molecule has 0 aromatic heterocycles. The first-order valence-corrected chi connectivity index (χ1v) is 8.22. The molecule has 2 unspecified atom stereocenters. The van der Waals surface area contributed by atoms with E-state index in [4.69, 9.17) is 4.74 Å². The van der Waals surface area contributed by atoms with Gasteiger partial charge in [-0.25, -0.2) is 0 Å². The molecule has 4 bridgehead atoms. The quantitative estimate of drug-likeness (QED) is 0.782. The predicted octanol–water partition coefficient (Wildman–Crippen LogP) is 2.41. The summed E-state index contributed by atoms with van der Waals surface area (Å²) in [4.78, 5) is 12.2. The predicted molar refractivity (Wildman–Crippen MR) is 78.6 cm³/mol. The maximum absolute atomic E-state index is 12.2. The molecule has 0 saturated heterocycles. The van der Waals surface area contributed by atoms with E-state index < -0.39 is 16.6 Å². The highest BCUT2D eigenvalue weighted by Gasteiger charge is 2.63. The van der Waals surface area contributed by atoms with Crippen LogP contribution < -0.4 is 0 Å². The topological polar surface area (TPSA) is 66.8 Å². The van der Waals surface area contributed by atoms with Gasteiger partial charge in [-0.1, -0.05) is 6.92 Å². The van der Waals surface area contributed by atoms with Gasteiger partial charge in [-0.2, -0.15) is 0 Å². The lowest BCUT2D eigenvalue weighted by Gasteiger charge is -2.63. The molecule has 2 atom stereocenters. The van der Waals surface area contributed by atoms with E-state index in [9.17, 15) is 15.0 Å². The Morgan fingerprint density at radius 1 is 1.14 bits per heavy atom. The van der Waals surface area contributed by atoms with Crippen LogP contribution in [0.1, 0.15) is 65.7 Å². The minimum absolute atomic E-state index is 0.167. The third kappa shape index (κ3) is 2.61. The largest absolute Gasteiger partial charge is 0.465 e. The molecule has 4 aliphatic carbocycles. The molecule has 0 spiro atoms. The Balaban J connectivity index is 1.72.